The topological polar surface area (TPSA) is 41.6 Å². The molecule has 0 aliphatic carbocycles. The third-order valence-electron chi connectivity index (χ3n) is 4.32. The van der Waals surface area contributed by atoms with Gasteiger partial charge in [-0.3, -0.25) is 4.79 Å². The van der Waals surface area contributed by atoms with Gasteiger partial charge in [0, 0.05) is 29.7 Å². The van der Waals surface area contributed by atoms with Gasteiger partial charge in [0.05, 0.1) is 0 Å². The highest BCUT2D eigenvalue weighted by Crippen LogP contribution is 2.24. The van der Waals surface area contributed by atoms with E-state index in [0.29, 0.717) is 29.6 Å². The fourth-order valence-corrected chi connectivity index (χ4v) is 3.15. The average molecular weight is 403 g/mol. The summed E-state index contributed by atoms with van der Waals surface area (Å²) in [6, 6.07) is 20.6. The first kappa shape index (κ1) is 20.3. The van der Waals surface area contributed by atoms with Crippen LogP contribution in [0.2, 0.25) is 0 Å². The smallest absolute Gasteiger partial charge is 0.265 e. The summed E-state index contributed by atoms with van der Waals surface area (Å²) in [7, 11) is 0. The van der Waals surface area contributed by atoms with Crippen molar-refractivity contribution in [1.29, 1.82) is 0 Å². The fourth-order valence-electron chi connectivity index (χ4n) is 2.90. The molecule has 0 unspecified atom stereocenters. The largest absolute Gasteiger partial charge is 0.432 e. The van der Waals surface area contributed by atoms with Gasteiger partial charge in [-0.15, -0.1) is 13.2 Å². The molecule has 29 heavy (non-hydrogen) atoms. The number of hydrogen-bond acceptors (Lipinski definition) is 3. The number of ether oxygens (including phenoxy) is 1. The van der Waals surface area contributed by atoms with Crippen LogP contribution in [0.5, 0.6) is 5.75 Å². The van der Waals surface area contributed by atoms with Gasteiger partial charge in [-0.1, -0.05) is 48.6 Å². The molecule has 0 saturated carbocycles. The summed E-state index contributed by atoms with van der Waals surface area (Å²) in [6.07, 6.45) is 3.50. The molecular formula is C24H22N2O2S. The van der Waals surface area contributed by atoms with Crippen LogP contribution in [0.15, 0.2) is 92.0 Å². The number of nitrogens with zero attached hydrogens (tertiary/aromatic N) is 1. The predicted octanol–water partition coefficient (Wildman–Crippen LogP) is 5.43. The Morgan fingerprint density at radius 1 is 0.966 bits per heavy atom. The number of thiocarbonyl (C=S) groups is 1. The van der Waals surface area contributed by atoms with Gasteiger partial charge in [0.25, 0.3) is 11.1 Å². The Labute approximate surface area is 176 Å². The first-order valence-corrected chi connectivity index (χ1v) is 9.61. The number of fused-ring (bicyclic) bond motifs is 1. The number of nitrogens with one attached hydrogen (secondary N) is 1. The van der Waals surface area contributed by atoms with E-state index in [-0.39, 0.29) is 5.91 Å². The van der Waals surface area contributed by atoms with Gasteiger partial charge in [-0.05, 0) is 47.9 Å². The first-order chi connectivity index (χ1) is 14.1. The number of benzene rings is 3. The molecule has 0 bridgehead atoms. The van der Waals surface area contributed by atoms with E-state index in [1.54, 1.807) is 36.4 Å². The van der Waals surface area contributed by atoms with Gasteiger partial charge in [0.2, 0.25) is 0 Å². The minimum atomic E-state index is -0.185. The average Bonchev–Trinajstić information content (AvgIpc) is 2.74. The summed E-state index contributed by atoms with van der Waals surface area (Å²) in [5, 5.41) is 5.38. The zero-order valence-electron chi connectivity index (χ0n) is 16.0. The van der Waals surface area contributed by atoms with Crippen molar-refractivity contribution >= 4 is 39.8 Å². The molecule has 0 saturated heterocycles. The van der Waals surface area contributed by atoms with Crippen LogP contribution in [-0.2, 0) is 0 Å². The van der Waals surface area contributed by atoms with Crippen molar-refractivity contribution in [3.63, 3.8) is 0 Å². The summed E-state index contributed by atoms with van der Waals surface area (Å²) >= 11 is 5.33. The van der Waals surface area contributed by atoms with Crippen molar-refractivity contribution in [2.45, 2.75) is 0 Å². The second-order valence-corrected chi connectivity index (χ2v) is 6.70. The zero-order valence-corrected chi connectivity index (χ0v) is 16.8. The second-order valence-electron chi connectivity index (χ2n) is 6.36. The number of anilines is 1. The van der Waals surface area contributed by atoms with E-state index in [9.17, 15) is 4.79 Å². The molecule has 3 rings (SSSR count). The lowest BCUT2D eigenvalue weighted by Crippen LogP contribution is -2.33. The van der Waals surface area contributed by atoms with Crippen molar-refractivity contribution in [1.82, 2.24) is 4.90 Å². The van der Waals surface area contributed by atoms with Crippen LogP contribution in [0.1, 0.15) is 10.4 Å². The molecule has 0 radical (unpaired) electrons. The van der Waals surface area contributed by atoms with E-state index in [2.05, 4.69) is 18.5 Å². The van der Waals surface area contributed by atoms with Crippen molar-refractivity contribution < 1.29 is 9.53 Å². The molecular weight excluding hydrogens is 380 g/mol. The van der Waals surface area contributed by atoms with Crippen LogP contribution < -0.4 is 10.1 Å². The van der Waals surface area contributed by atoms with Crippen LogP contribution in [0.25, 0.3) is 10.8 Å². The minimum Gasteiger partial charge on any atom is -0.432 e. The van der Waals surface area contributed by atoms with Crippen LogP contribution >= 0.6 is 12.2 Å². The Morgan fingerprint density at radius 2 is 1.62 bits per heavy atom. The number of amides is 1. The molecule has 0 fully saturated rings. The molecule has 3 aromatic carbocycles. The summed E-state index contributed by atoms with van der Waals surface area (Å²) in [5.74, 6) is 0.380. The van der Waals surface area contributed by atoms with Crippen molar-refractivity contribution in [3.8, 4) is 5.75 Å². The SMILES string of the molecule is C=CCN(CC=C)C(=S)Oc1ccc(C(=O)Nc2cccc3ccccc23)cc1. The lowest BCUT2D eigenvalue weighted by atomic mass is 10.1. The number of carbonyl (C=O) groups is 1. The first-order valence-electron chi connectivity index (χ1n) is 9.20. The van der Waals surface area contributed by atoms with Gasteiger partial charge in [-0.25, -0.2) is 0 Å². The molecule has 146 valence electrons. The maximum Gasteiger partial charge on any atom is 0.265 e. The number of carbonyl (C=O) groups excluding carboxylic acids is 1. The Kier molecular flexibility index (Phi) is 6.76. The molecule has 1 amide bonds. The third kappa shape index (κ3) is 5.09. The van der Waals surface area contributed by atoms with E-state index in [1.807, 2.05) is 47.4 Å². The van der Waals surface area contributed by atoms with E-state index in [1.165, 1.54) is 0 Å². The van der Waals surface area contributed by atoms with Crippen LogP contribution in [0.3, 0.4) is 0 Å². The van der Waals surface area contributed by atoms with Gasteiger partial charge in [0.15, 0.2) is 0 Å². The van der Waals surface area contributed by atoms with E-state index >= 15 is 0 Å². The normalized spacial score (nSPS) is 10.2. The molecule has 0 heterocycles. The lowest BCUT2D eigenvalue weighted by molar-refractivity contribution is 0.102. The Morgan fingerprint density at radius 3 is 2.31 bits per heavy atom. The third-order valence-corrected chi connectivity index (χ3v) is 4.66. The van der Waals surface area contributed by atoms with E-state index in [0.717, 1.165) is 16.5 Å². The fraction of sp³-hybridized carbons (Fsp3) is 0.0833. The molecule has 1 N–H and O–H groups in total. The van der Waals surface area contributed by atoms with Crippen molar-refractivity contribution in [3.05, 3.63) is 97.6 Å². The highest BCUT2D eigenvalue weighted by atomic mass is 32.1. The molecule has 5 heteroatoms. The van der Waals surface area contributed by atoms with Crippen molar-refractivity contribution in [2.75, 3.05) is 18.4 Å². The molecule has 0 aromatic heterocycles. The Hall–Kier alpha value is -3.44. The van der Waals surface area contributed by atoms with E-state index in [4.69, 9.17) is 17.0 Å². The molecule has 0 aliphatic heterocycles. The quantitative estimate of drug-likeness (QED) is 0.423. The van der Waals surface area contributed by atoms with Crippen LogP contribution in [0.4, 0.5) is 5.69 Å². The molecule has 0 spiro atoms. The second kappa shape index (κ2) is 9.66. The number of rotatable bonds is 7. The molecule has 3 aromatic rings. The molecule has 0 atom stereocenters. The summed E-state index contributed by atoms with van der Waals surface area (Å²) in [5.41, 5.74) is 1.31. The van der Waals surface area contributed by atoms with Gasteiger partial charge in [0.1, 0.15) is 5.75 Å². The molecule has 0 aliphatic rings. The standard InChI is InChI=1S/C24H22N2O2S/c1-3-16-26(17-4-2)24(29)28-20-14-12-19(13-15-20)23(27)25-22-11-7-9-18-8-5-6-10-21(18)22/h3-15H,1-2,16-17H2,(H,25,27). The maximum atomic E-state index is 12.7. The summed E-state index contributed by atoms with van der Waals surface area (Å²) in [4.78, 5) is 14.5. The Balaban J connectivity index is 1.69. The summed E-state index contributed by atoms with van der Waals surface area (Å²) < 4.78 is 5.72. The van der Waals surface area contributed by atoms with Crippen LogP contribution in [-0.4, -0.2) is 29.1 Å². The van der Waals surface area contributed by atoms with Gasteiger partial charge < -0.3 is 15.0 Å². The lowest BCUT2D eigenvalue weighted by Gasteiger charge is -2.21. The maximum absolute atomic E-state index is 12.7. The highest BCUT2D eigenvalue weighted by molar-refractivity contribution is 7.80. The highest BCUT2D eigenvalue weighted by Gasteiger charge is 2.11. The van der Waals surface area contributed by atoms with Gasteiger partial charge >= 0.3 is 0 Å². The molecule has 4 nitrogen and oxygen atoms in total. The van der Waals surface area contributed by atoms with Gasteiger partial charge in [-0.2, -0.15) is 0 Å². The monoisotopic (exact) mass is 402 g/mol. The predicted molar refractivity (Wildman–Crippen MR) is 124 cm³/mol. The summed E-state index contributed by atoms with van der Waals surface area (Å²) in [6.45, 7) is 8.57. The van der Waals surface area contributed by atoms with Crippen LogP contribution in [0, 0.1) is 0 Å². The zero-order chi connectivity index (χ0) is 20.6. The minimum absolute atomic E-state index is 0.185. The van der Waals surface area contributed by atoms with Crippen molar-refractivity contribution in [2.24, 2.45) is 0 Å². The van der Waals surface area contributed by atoms with E-state index < -0.39 is 0 Å². The Bertz CT molecular complexity index is 1030. The number of hydrogen-bond donors (Lipinski definition) is 1.